The standard InChI is InChI=1S/C16H24N4S2.HI/c1-11(2)15-20-14(10-22-15)8-19-16(17-4)18-7-12(3)13-5-6-21-9-13;/h5-6,9-12H,7-8H2,1-4H3,(H2,17,18,19);1H. The van der Waals surface area contributed by atoms with Crippen molar-refractivity contribution in [2.75, 3.05) is 13.6 Å². The number of aromatic nitrogens is 1. The molecule has 0 aliphatic heterocycles. The maximum atomic E-state index is 4.63. The summed E-state index contributed by atoms with van der Waals surface area (Å²) >= 11 is 3.46. The van der Waals surface area contributed by atoms with Crippen LogP contribution in [0, 0.1) is 0 Å². The van der Waals surface area contributed by atoms with Crippen LogP contribution in [-0.2, 0) is 6.54 Å². The van der Waals surface area contributed by atoms with Crippen LogP contribution in [0.25, 0.3) is 0 Å². The molecule has 0 bridgehead atoms. The molecule has 0 fully saturated rings. The van der Waals surface area contributed by atoms with Crippen molar-refractivity contribution >= 4 is 52.6 Å². The largest absolute Gasteiger partial charge is 0.356 e. The topological polar surface area (TPSA) is 49.3 Å². The second kappa shape index (κ2) is 10.2. The van der Waals surface area contributed by atoms with Crippen LogP contribution >= 0.6 is 46.7 Å². The van der Waals surface area contributed by atoms with E-state index in [1.807, 2.05) is 0 Å². The van der Waals surface area contributed by atoms with Gasteiger partial charge in [0, 0.05) is 24.9 Å². The van der Waals surface area contributed by atoms with E-state index in [2.05, 4.69) is 63.6 Å². The molecular weight excluding hydrogens is 439 g/mol. The molecule has 2 aromatic heterocycles. The number of hydrogen-bond donors (Lipinski definition) is 2. The zero-order valence-electron chi connectivity index (χ0n) is 14.0. The minimum absolute atomic E-state index is 0. The highest BCUT2D eigenvalue weighted by molar-refractivity contribution is 14.0. The third-order valence-electron chi connectivity index (χ3n) is 3.41. The quantitative estimate of drug-likeness (QED) is 0.378. The van der Waals surface area contributed by atoms with Crippen LogP contribution in [0.3, 0.4) is 0 Å². The van der Waals surface area contributed by atoms with Gasteiger partial charge >= 0.3 is 0 Å². The fourth-order valence-corrected chi connectivity index (χ4v) is 3.60. The van der Waals surface area contributed by atoms with Crippen molar-refractivity contribution in [1.82, 2.24) is 15.6 Å². The van der Waals surface area contributed by atoms with Crippen LogP contribution in [0.2, 0.25) is 0 Å². The molecule has 2 heterocycles. The Labute approximate surface area is 163 Å². The van der Waals surface area contributed by atoms with Crippen molar-refractivity contribution in [2.45, 2.75) is 39.2 Å². The molecule has 1 unspecified atom stereocenters. The summed E-state index contributed by atoms with van der Waals surface area (Å²) in [5, 5.41) is 14.3. The number of hydrogen-bond acceptors (Lipinski definition) is 4. The predicted molar refractivity (Wildman–Crippen MR) is 113 cm³/mol. The van der Waals surface area contributed by atoms with E-state index in [9.17, 15) is 0 Å². The number of halogens is 1. The molecule has 7 heteroatoms. The fourth-order valence-electron chi connectivity index (χ4n) is 1.99. The summed E-state index contributed by atoms with van der Waals surface area (Å²) in [6.45, 7) is 8.13. The molecule has 128 valence electrons. The van der Waals surface area contributed by atoms with Crippen molar-refractivity contribution in [2.24, 2.45) is 4.99 Å². The first-order valence-electron chi connectivity index (χ1n) is 7.51. The molecule has 0 aromatic carbocycles. The molecule has 0 amide bonds. The summed E-state index contributed by atoms with van der Waals surface area (Å²) < 4.78 is 0. The molecule has 23 heavy (non-hydrogen) atoms. The number of rotatable bonds is 6. The highest BCUT2D eigenvalue weighted by Gasteiger charge is 2.08. The SMILES string of the molecule is CN=C(NCc1csc(C(C)C)n1)NCC(C)c1ccsc1.I. The molecule has 0 saturated carbocycles. The maximum Gasteiger partial charge on any atom is 0.191 e. The van der Waals surface area contributed by atoms with Gasteiger partial charge in [-0.1, -0.05) is 20.8 Å². The Morgan fingerprint density at radius 3 is 2.61 bits per heavy atom. The highest BCUT2D eigenvalue weighted by atomic mass is 127. The Balaban J connectivity index is 0.00000264. The van der Waals surface area contributed by atoms with Crippen LogP contribution in [-0.4, -0.2) is 24.5 Å². The summed E-state index contributed by atoms with van der Waals surface area (Å²) in [5.74, 6) is 1.78. The van der Waals surface area contributed by atoms with Crippen molar-refractivity contribution in [1.29, 1.82) is 0 Å². The number of thiophene rings is 1. The second-order valence-electron chi connectivity index (χ2n) is 5.60. The molecule has 0 aliphatic rings. The molecule has 2 aromatic rings. The van der Waals surface area contributed by atoms with Gasteiger partial charge in [0.05, 0.1) is 17.2 Å². The number of nitrogens with zero attached hydrogens (tertiary/aromatic N) is 2. The zero-order valence-corrected chi connectivity index (χ0v) is 18.0. The Morgan fingerprint density at radius 2 is 2.04 bits per heavy atom. The number of guanidine groups is 1. The van der Waals surface area contributed by atoms with E-state index in [4.69, 9.17) is 0 Å². The molecular formula is C16H25IN4S2. The first-order chi connectivity index (χ1) is 10.6. The molecule has 2 N–H and O–H groups in total. The van der Waals surface area contributed by atoms with E-state index in [0.29, 0.717) is 18.4 Å². The normalized spacial score (nSPS) is 12.8. The minimum atomic E-state index is 0. The van der Waals surface area contributed by atoms with Gasteiger partial charge in [-0.25, -0.2) is 4.98 Å². The van der Waals surface area contributed by atoms with E-state index < -0.39 is 0 Å². The lowest BCUT2D eigenvalue weighted by atomic mass is 10.1. The van der Waals surface area contributed by atoms with E-state index >= 15 is 0 Å². The third-order valence-corrected chi connectivity index (χ3v) is 5.31. The average molecular weight is 464 g/mol. The van der Waals surface area contributed by atoms with Gasteiger partial charge in [0.25, 0.3) is 0 Å². The number of nitrogens with one attached hydrogen (secondary N) is 2. The molecule has 1 atom stereocenters. The number of aliphatic imine (C=N–C) groups is 1. The van der Waals surface area contributed by atoms with Gasteiger partial charge in [-0.15, -0.1) is 35.3 Å². The van der Waals surface area contributed by atoms with Gasteiger partial charge in [-0.05, 0) is 28.3 Å². The van der Waals surface area contributed by atoms with Gasteiger partial charge in [-0.3, -0.25) is 4.99 Å². The molecule has 0 spiro atoms. The number of thiazole rings is 1. The van der Waals surface area contributed by atoms with E-state index in [0.717, 1.165) is 18.2 Å². The summed E-state index contributed by atoms with van der Waals surface area (Å²) in [6.07, 6.45) is 0. The Hall–Kier alpha value is -0.670. The van der Waals surface area contributed by atoms with Gasteiger partial charge < -0.3 is 10.6 Å². The lowest BCUT2D eigenvalue weighted by molar-refractivity contribution is 0.698. The fraction of sp³-hybridized carbons (Fsp3) is 0.500. The Morgan fingerprint density at radius 1 is 1.26 bits per heavy atom. The zero-order chi connectivity index (χ0) is 15.9. The molecule has 0 aliphatic carbocycles. The molecule has 2 rings (SSSR count). The molecule has 0 saturated heterocycles. The van der Waals surface area contributed by atoms with E-state index in [1.54, 1.807) is 29.7 Å². The van der Waals surface area contributed by atoms with Crippen molar-refractivity contribution in [3.63, 3.8) is 0 Å². The van der Waals surface area contributed by atoms with E-state index in [-0.39, 0.29) is 24.0 Å². The average Bonchev–Trinajstić information content (AvgIpc) is 3.18. The van der Waals surface area contributed by atoms with Gasteiger partial charge in [0.1, 0.15) is 0 Å². The predicted octanol–water partition coefficient (Wildman–Crippen LogP) is 4.41. The summed E-state index contributed by atoms with van der Waals surface area (Å²) in [4.78, 5) is 8.90. The highest BCUT2D eigenvalue weighted by Crippen LogP contribution is 2.19. The first-order valence-corrected chi connectivity index (χ1v) is 9.33. The second-order valence-corrected chi connectivity index (χ2v) is 7.27. The van der Waals surface area contributed by atoms with Crippen LogP contribution in [0.15, 0.2) is 27.2 Å². The molecule has 0 radical (unpaired) electrons. The summed E-state index contributed by atoms with van der Waals surface area (Å²) in [5.41, 5.74) is 2.44. The van der Waals surface area contributed by atoms with Gasteiger partial charge in [0.15, 0.2) is 5.96 Å². The molecule has 4 nitrogen and oxygen atoms in total. The van der Waals surface area contributed by atoms with Gasteiger partial charge in [-0.2, -0.15) is 11.3 Å². The Kier molecular flexibility index (Phi) is 9.08. The maximum absolute atomic E-state index is 4.63. The summed E-state index contributed by atoms with van der Waals surface area (Å²) in [7, 11) is 1.80. The third kappa shape index (κ3) is 6.39. The van der Waals surface area contributed by atoms with Crippen LogP contribution in [0.5, 0.6) is 0 Å². The lowest BCUT2D eigenvalue weighted by Crippen LogP contribution is -2.38. The Bertz CT molecular complexity index is 593. The van der Waals surface area contributed by atoms with E-state index in [1.165, 1.54) is 10.6 Å². The van der Waals surface area contributed by atoms with Crippen LogP contribution in [0.4, 0.5) is 0 Å². The van der Waals surface area contributed by atoms with Crippen LogP contribution in [0.1, 0.15) is 48.9 Å². The minimum Gasteiger partial charge on any atom is -0.356 e. The van der Waals surface area contributed by atoms with Crippen LogP contribution < -0.4 is 10.6 Å². The van der Waals surface area contributed by atoms with Crippen molar-refractivity contribution < 1.29 is 0 Å². The smallest absolute Gasteiger partial charge is 0.191 e. The first kappa shape index (κ1) is 20.4. The van der Waals surface area contributed by atoms with Crippen molar-refractivity contribution in [3.8, 4) is 0 Å². The van der Waals surface area contributed by atoms with Gasteiger partial charge in [0.2, 0.25) is 0 Å². The monoisotopic (exact) mass is 464 g/mol. The van der Waals surface area contributed by atoms with Crippen molar-refractivity contribution in [3.05, 3.63) is 38.5 Å². The summed E-state index contributed by atoms with van der Waals surface area (Å²) in [6, 6.07) is 2.18. The lowest BCUT2D eigenvalue weighted by Gasteiger charge is -2.15.